The third kappa shape index (κ3) is 4.77. The van der Waals surface area contributed by atoms with Crippen molar-refractivity contribution in [2.45, 2.75) is 64.2 Å². The van der Waals surface area contributed by atoms with Gasteiger partial charge in [0.1, 0.15) is 0 Å². The van der Waals surface area contributed by atoms with Crippen molar-refractivity contribution in [1.29, 1.82) is 0 Å². The Morgan fingerprint density at radius 3 is 2.56 bits per heavy atom. The fourth-order valence-corrected chi connectivity index (χ4v) is 4.28. The van der Waals surface area contributed by atoms with E-state index in [0.29, 0.717) is 0 Å². The molecule has 0 aliphatic heterocycles. The molecule has 2 aliphatic carbocycles. The van der Waals surface area contributed by atoms with Gasteiger partial charge in [-0.1, -0.05) is 44.9 Å². The molecule has 0 saturated heterocycles. The van der Waals surface area contributed by atoms with Gasteiger partial charge in [-0.25, -0.2) is 0 Å². The van der Waals surface area contributed by atoms with E-state index in [4.69, 9.17) is 0 Å². The van der Waals surface area contributed by atoms with Crippen molar-refractivity contribution < 1.29 is 0 Å². The monoisotopic (exact) mass is 269 g/mol. The Labute approximate surface area is 119 Å². The Hall–Kier alpha value is 0.310. The lowest BCUT2D eigenvalue weighted by molar-refractivity contribution is 0.124. The first kappa shape index (κ1) is 14.7. The Morgan fingerprint density at radius 1 is 0.889 bits per heavy atom. The summed E-state index contributed by atoms with van der Waals surface area (Å²) < 4.78 is 0. The molecule has 1 nitrogen and oxygen atoms in total. The van der Waals surface area contributed by atoms with Crippen LogP contribution >= 0.6 is 12.6 Å². The fourth-order valence-electron chi connectivity index (χ4n) is 4.12. The normalized spacial score (nSPS) is 32.2. The topological polar surface area (TPSA) is 12.0 Å². The molecule has 0 unspecified atom stereocenters. The standard InChI is InChI=1S/C16H31NS/c18-12-11-17-10-4-3-5-14-8-9-15-6-1-2-7-16(15)13-14/h14-18H,1-13H2/t14-,15+,16+/m0/s1. The van der Waals surface area contributed by atoms with E-state index in [9.17, 15) is 0 Å². The largest absolute Gasteiger partial charge is 0.316 e. The molecule has 0 heterocycles. The molecule has 18 heavy (non-hydrogen) atoms. The molecule has 106 valence electrons. The van der Waals surface area contributed by atoms with Crippen LogP contribution in [0.25, 0.3) is 0 Å². The van der Waals surface area contributed by atoms with Gasteiger partial charge in [0.05, 0.1) is 0 Å². The Balaban J connectivity index is 1.54. The second-order valence-electron chi connectivity index (χ2n) is 6.45. The third-order valence-electron chi connectivity index (χ3n) is 5.15. The maximum Gasteiger partial charge on any atom is 0.00397 e. The van der Waals surface area contributed by atoms with Crippen molar-refractivity contribution in [2.75, 3.05) is 18.8 Å². The van der Waals surface area contributed by atoms with Gasteiger partial charge in [0.2, 0.25) is 0 Å². The van der Waals surface area contributed by atoms with E-state index in [1.54, 1.807) is 25.7 Å². The second kappa shape index (κ2) is 8.47. The molecule has 2 rings (SSSR count). The summed E-state index contributed by atoms with van der Waals surface area (Å²) in [6.07, 6.45) is 15.1. The highest BCUT2D eigenvalue weighted by atomic mass is 32.1. The van der Waals surface area contributed by atoms with Crippen molar-refractivity contribution in [1.82, 2.24) is 5.32 Å². The highest BCUT2D eigenvalue weighted by Gasteiger charge is 2.31. The fraction of sp³-hybridized carbons (Fsp3) is 1.00. The summed E-state index contributed by atoms with van der Waals surface area (Å²) in [6.45, 7) is 2.26. The maximum absolute atomic E-state index is 4.21. The van der Waals surface area contributed by atoms with Gasteiger partial charge in [0, 0.05) is 12.3 Å². The Bertz CT molecular complexity index is 219. The van der Waals surface area contributed by atoms with Crippen LogP contribution < -0.4 is 5.32 Å². The predicted molar refractivity (Wildman–Crippen MR) is 83.4 cm³/mol. The summed E-state index contributed by atoms with van der Waals surface area (Å²) in [6, 6.07) is 0. The zero-order valence-electron chi connectivity index (χ0n) is 11.9. The van der Waals surface area contributed by atoms with Crippen molar-refractivity contribution in [2.24, 2.45) is 17.8 Å². The van der Waals surface area contributed by atoms with Crippen LogP contribution in [0, 0.1) is 17.8 Å². The minimum absolute atomic E-state index is 0.964. The molecule has 0 aromatic rings. The molecular formula is C16H31NS. The predicted octanol–water partition coefficient (Wildman–Crippen LogP) is 4.28. The first-order valence-electron chi connectivity index (χ1n) is 8.21. The first-order chi connectivity index (χ1) is 8.90. The smallest absolute Gasteiger partial charge is 0.00397 e. The number of hydrogen-bond acceptors (Lipinski definition) is 2. The molecule has 0 amide bonds. The van der Waals surface area contributed by atoms with Gasteiger partial charge in [-0.05, 0) is 43.6 Å². The average Bonchev–Trinajstić information content (AvgIpc) is 2.42. The molecule has 0 radical (unpaired) electrons. The summed E-state index contributed by atoms with van der Waals surface area (Å²) in [5.74, 6) is 4.26. The molecule has 2 aliphatic rings. The van der Waals surface area contributed by atoms with Crippen LogP contribution in [0.15, 0.2) is 0 Å². The molecule has 2 heteroatoms. The highest BCUT2D eigenvalue weighted by molar-refractivity contribution is 7.80. The van der Waals surface area contributed by atoms with Crippen molar-refractivity contribution in [3.63, 3.8) is 0 Å². The molecule has 2 fully saturated rings. The maximum atomic E-state index is 4.21. The van der Waals surface area contributed by atoms with E-state index in [1.165, 1.54) is 45.1 Å². The summed E-state index contributed by atoms with van der Waals surface area (Å²) in [5.41, 5.74) is 0. The van der Waals surface area contributed by atoms with E-state index >= 15 is 0 Å². The zero-order valence-corrected chi connectivity index (χ0v) is 12.8. The number of hydrogen-bond donors (Lipinski definition) is 2. The van der Waals surface area contributed by atoms with Crippen LogP contribution in [-0.4, -0.2) is 18.8 Å². The first-order valence-corrected chi connectivity index (χ1v) is 8.85. The molecule has 3 atom stereocenters. The van der Waals surface area contributed by atoms with E-state index in [1.807, 2.05) is 0 Å². The molecular weight excluding hydrogens is 238 g/mol. The van der Waals surface area contributed by atoms with Crippen molar-refractivity contribution in [3.8, 4) is 0 Å². The highest BCUT2D eigenvalue weighted by Crippen LogP contribution is 2.43. The quantitative estimate of drug-likeness (QED) is 0.519. The minimum Gasteiger partial charge on any atom is -0.316 e. The summed E-state index contributed by atoms with van der Waals surface area (Å²) in [5, 5.41) is 3.44. The van der Waals surface area contributed by atoms with Gasteiger partial charge < -0.3 is 5.32 Å². The lowest BCUT2D eigenvalue weighted by atomic mass is 9.67. The molecule has 0 aromatic heterocycles. The van der Waals surface area contributed by atoms with Gasteiger partial charge in [-0.15, -0.1) is 0 Å². The lowest BCUT2D eigenvalue weighted by Crippen LogP contribution is -2.27. The van der Waals surface area contributed by atoms with Gasteiger partial charge in [0.25, 0.3) is 0 Å². The number of fused-ring (bicyclic) bond motifs is 1. The van der Waals surface area contributed by atoms with Gasteiger partial charge in [-0.2, -0.15) is 12.6 Å². The van der Waals surface area contributed by atoms with Crippen LogP contribution in [0.5, 0.6) is 0 Å². The van der Waals surface area contributed by atoms with E-state index < -0.39 is 0 Å². The van der Waals surface area contributed by atoms with E-state index in [2.05, 4.69) is 17.9 Å². The van der Waals surface area contributed by atoms with Crippen LogP contribution in [0.2, 0.25) is 0 Å². The summed E-state index contributed by atoms with van der Waals surface area (Å²) >= 11 is 4.21. The molecule has 1 N–H and O–H groups in total. The lowest BCUT2D eigenvalue weighted by Gasteiger charge is -2.39. The van der Waals surface area contributed by atoms with E-state index in [0.717, 1.165) is 30.1 Å². The van der Waals surface area contributed by atoms with Gasteiger partial charge in [0.15, 0.2) is 0 Å². The summed E-state index contributed by atoms with van der Waals surface area (Å²) in [4.78, 5) is 0. The van der Waals surface area contributed by atoms with E-state index in [-0.39, 0.29) is 0 Å². The Morgan fingerprint density at radius 2 is 1.72 bits per heavy atom. The van der Waals surface area contributed by atoms with Crippen LogP contribution in [0.4, 0.5) is 0 Å². The number of unbranched alkanes of at least 4 members (excludes halogenated alkanes) is 1. The van der Waals surface area contributed by atoms with Crippen molar-refractivity contribution in [3.05, 3.63) is 0 Å². The van der Waals surface area contributed by atoms with Crippen LogP contribution in [-0.2, 0) is 0 Å². The number of nitrogens with one attached hydrogen (secondary N) is 1. The second-order valence-corrected chi connectivity index (χ2v) is 6.90. The van der Waals surface area contributed by atoms with Gasteiger partial charge in [-0.3, -0.25) is 0 Å². The summed E-state index contributed by atoms with van der Waals surface area (Å²) in [7, 11) is 0. The molecule has 2 saturated carbocycles. The number of rotatable bonds is 7. The number of thiol groups is 1. The zero-order chi connectivity index (χ0) is 12.6. The van der Waals surface area contributed by atoms with Crippen molar-refractivity contribution >= 4 is 12.6 Å². The molecule has 0 bridgehead atoms. The SMILES string of the molecule is SCCNCCCC[C@H]1CC[C@H]2CCCC[C@@H]2C1. The average molecular weight is 269 g/mol. The Kier molecular flexibility index (Phi) is 6.93. The van der Waals surface area contributed by atoms with Crippen LogP contribution in [0.1, 0.15) is 64.2 Å². The van der Waals surface area contributed by atoms with Gasteiger partial charge >= 0.3 is 0 Å². The van der Waals surface area contributed by atoms with Crippen LogP contribution in [0.3, 0.4) is 0 Å². The molecule has 0 spiro atoms. The molecule has 0 aromatic carbocycles. The third-order valence-corrected chi connectivity index (χ3v) is 5.38. The minimum atomic E-state index is 0.964.